The lowest BCUT2D eigenvalue weighted by Crippen LogP contribution is -2.37. The van der Waals surface area contributed by atoms with Gasteiger partial charge in [0.1, 0.15) is 11.6 Å². The molecule has 1 fully saturated rings. The topological polar surface area (TPSA) is 29.5 Å². The average molecular weight is 284 g/mol. The number of ether oxygens (including phenoxy) is 1. The Kier molecular flexibility index (Phi) is 3.91. The van der Waals surface area contributed by atoms with Gasteiger partial charge in [-0.25, -0.2) is 8.78 Å². The van der Waals surface area contributed by atoms with E-state index >= 15 is 0 Å². The molecular formula is C16H22F2O2. The fourth-order valence-corrected chi connectivity index (χ4v) is 3.28. The Labute approximate surface area is 118 Å². The highest BCUT2D eigenvalue weighted by atomic mass is 19.1. The van der Waals surface area contributed by atoms with Crippen molar-refractivity contribution in [1.29, 1.82) is 0 Å². The quantitative estimate of drug-likeness (QED) is 0.921. The summed E-state index contributed by atoms with van der Waals surface area (Å²) in [5.74, 6) is -1.38. The van der Waals surface area contributed by atoms with E-state index in [0.29, 0.717) is 6.42 Å². The van der Waals surface area contributed by atoms with Gasteiger partial charge in [-0.15, -0.1) is 0 Å². The molecule has 1 N–H and O–H groups in total. The summed E-state index contributed by atoms with van der Waals surface area (Å²) in [5, 5.41) is 10.4. The number of rotatable bonds is 3. The maximum atomic E-state index is 13.7. The van der Waals surface area contributed by atoms with E-state index < -0.39 is 23.3 Å². The van der Waals surface area contributed by atoms with Crippen LogP contribution in [0.5, 0.6) is 0 Å². The lowest BCUT2D eigenvalue weighted by atomic mass is 9.81. The summed E-state index contributed by atoms with van der Waals surface area (Å²) < 4.78 is 33.2. The van der Waals surface area contributed by atoms with Gasteiger partial charge in [-0.1, -0.05) is 6.07 Å². The van der Waals surface area contributed by atoms with Crippen LogP contribution in [-0.2, 0) is 11.2 Å². The molecule has 1 heterocycles. The van der Waals surface area contributed by atoms with Gasteiger partial charge in [0.15, 0.2) is 0 Å². The van der Waals surface area contributed by atoms with Crippen molar-refractivity contribution in [2.24, 2.45) is 5.92 Å². The van der Waals surface area contributed by atoms with E-state index in [1.807, 2.05) is 27.7 Å². The zero-order chi connectivity index (χ0) is 15.1. The molecule has 2 unspecified atom stereocenters. The molecule has 1 aliphatic rings. The summed E-state index contributed by atoms with van der Waals surface area (Å²) in [4.78, 5) is 0. The third-order valence-corrected chi connectivity index (χ3v) is 4.08. The number of aliphatic hydroxyl groups is 1. The second kappa shape index (κ2) is 5.08. The maximum absolute atomic E-state index is 13.7. The van der Waals surface area contributed by atoms with Gasteiger partial charge in [0.25, 0.3) is 0 Å². The predicted molar refractivity (Wildman–Crippen MR) is 73.4 cm³/mol. The first-order valence-electron chi connectivity index (χ1n) is 6.93. The number of hydrogen-bond donors (Lipinski definition) is 1. The summed E-state index contributed by atoms with van der Waals surface area (Å²) >= 11 is 0. The molecule has 0 spiro atoms. The molecule has 2 atom stereocenters. The zero-order valence-corrected chi connectivity index (χ0v) is 12.4. The van der Waals surface area contributed by atoms with Crippen molar-refractivity contribution in [3.05, 3.63) is 35.4 Å². The number of hydrogen-bond acceptors (Lipinski definition) is 2. The first kappa shape index (κ1) is 15.4. The third-order valence-electron chi connectivity index (χ3n) is 4.08. The minimum atomic E-state index is -0.835. The Morgan fingerprint density at radius 1 is 1.25 bits per heavy atom. The predicted octanol–water partition coefficient (Wildman–Crippen LogP) is 3.46. The van der Waals surface area contributed by atoms with Crippen LogP contribution < -0.4 is 0 Å². The molecule has 0 aromatic heterocycles. The lowest BCUT2D eigenvalue weighted by molar-refractivity contribution is -0.0874. The van der Waals surface area contributed by atoms with E-state index in [-0.39, 0.29) is 23.5 Å². The van der Waals surface area contributed by atoms with Crippen LogP contribution in [0.25, 0.3) is 0 Å². The molecule has 1 aromatic rings. The number of aliphatic hydroxyl groups excluding tert-OH is 1. The van der Waals surface area contributed by atoms with Crippen LogP contribution in [0, 0.1) is 17.6 Å². The van der Waals surface area contributed by atoms with Gasteiger partial charge in [0.2, 0.25) is 0 Å². The van der Waals surface area contributed by atoms with Gasteiger partial charge < -0.3 is 9.84 Å². The zero-order valence-electron chi connectivity index (χ0n) is 12.4. The maximum Gasteiger partial charge on any atom is 0.129 e. The molecule has 0 radical (unpaired) electrons. The first-order valence-corrected chi connectivity index (χ1v) is 6.93. The van der Waals surface area contributed by atoms with Gasteiger partial charge in [-0.05, 0) is 46.2 Å². The van der Waals surface area contributed by atoms with Crippen molar-refractivity contribution in [3.8, 4) is 0 Å². The van der Waals surface area contributed by atoms with Crippen molar-refractivity contribution in [2.75, 3.05) is 0 Å². The van der Waals surface area contributed by atoms with E-state index in [4.69, 9.17) is 4.74 Å². The number of halogens is 2. The van der Waals surface area contributed by atoms with Crippen LogP contribution in [-0.4, -0.2) is 22.4 Å². The third kappa shape index (κ3) is 3.01. The normalized spacial score (nSPS) is 25.6. The van der Waals surface area contributed by atoms with Gasteiger partial charge >= 0.3 is 0 Å². The van der Waals surface area contributed by atoms with Crippen molar-refractivity contribution < 1.29 is 18.6 Å². The van der Waals surface area contributed by atoms with Crippen LogP contribution in [0.3, 0.4) is 0 Å². The molecule has 0 saturated carbocycles. The van der Waals surface area contributed by atoms with E-state index in [1.165, 1.54) is 18.2 Å². The van der Waals surface area contributed by atoms with Crippen LogP contribution in [0.1, 0.15) is 39.7 Å². The second-order valence-electron chi connectivity index (χ2n) is 6.75. The first-order chi connectivity index (χ1) is 9.12. The standard InChI is InChI=1S/C16H22F2O2/c1-15(2)9-11(16(3,4)20-15)14(19)8-10-12(17)6-5-7-13(10)18/h5-7,11,14,19H,8-9H2,1-4H3. The van der Waals surface area contributed by atoms with Gasteiger partial charge in [0.05, 0.1) is 17.3 Å². The Morgan fingerprint density at radius 3 is 2.25 bits per heavy atom. The molecule has 1 aliphatic heterocycles. The molecule has 0 amide bonds. The van der Waals surface area contributed by atoms with Crippen molar-refractivity contribution >= 4 is 0 Å². The largest absolute Gasteiger partial charge is 0.392 e. The Balaban J connectivity index is 2.19. The molecule has 0 bridgehead atoms. The monoisotopic (exact) mass is 284 g/mol. The fraction of sp³-hybridized carbons (Fsp3) is 0.625. The Bertz CT molecular complexity index is 477. The fourth-order valence-electron chi connectivity index (χ4n) is 3.28. The smallest absolute Gasteiger partial charge is 0.129 e. The summed E-state index contributed by atoms with van der Waals surface area (Å²) in [5.41, 5.74) is -0.895. The highest BCUT2D eigenvalue weighted by Gasteiger charge is 2.48. The van der Waals surface area contributed by atoms with Crippen molar-refractivity contribution in [2.45, 2.75) is 57.8 Å². The van der Waals surface area contributed by atoms with Gasteiger partial charge in [-0.2, -0.15) is 0 Å². The number of benzene rings is 1. The van der Waals surface area contributed by atoms with Crippen molar-refractivity contribution in [1.82, 2.24) is 0 Å². The molecule has 2 nitrogen and oxygen atoms in total. The lowest BCUT2D eigenvalue weighted by Gasteiger charge is -2.30. The molecule has 4 heteroatoms. The molecule has 2 rings (SSSR count). The summed E-state index contributed by atoms with van der Waals surface area (Å²) in [6.45, 7) is 7.75. The van der Waals surface area contributed by atoms with Crippen LogP contribution in [0.4, 0.5) is 8.78 Å². The second-order valence-corrected chi connectivity index (χ2v) is 6.75. The van der Waals surface area contributed by atoms with Gasteiger partial charge in [-0.3, -0.25) is 0 Å². The molecule has 0 aliphatic carbocycles. The van der Waals surface area contributed by atoms with Crippen LogP contribution in [0.15, 0.2) is 18.2 Å². The Hall–Kier alpha value is -1.00. The SMILES string of the molecule is CC1(C)CC(C(O)Cc2c(F)cccc2F)C(C)(C)O1. The molecule has 112 valence electrons. The molecule has 1 saturated heterocycles. The van der Waals surface area contributed by atoms with E-state index in [9.17, 15) is 13.9 Å². The Morgan fingerprint density at radius 2 is 1.80 bits per heavy atom. The molecular weight excluding hydrogens is 262 g/mol. The van der Waals surface area contributed by atoms with Crippen LogP contribution in [0.2, 0.25) is 0 Å². The van der Waals surface area contributed by atoms with Gasteiger partial charge in [0, 0.05) is 17.9 Å². The highest BCUT2D eigenvalue weighted by molar-refractivity contribution is 5.21. The molecule has 20 heavy (non-hydrogen) atoms. The summed E-state index contributed by atoms with van der Waals surface area (Å²) in [6.07, 6.45) is -0.207. The summed E-state index contributed by atoms with van der Waals surface area (Å²) in [7, 11) is 0. The van der Waals surface area contributed by atoms with E-state index in [2.05, 4.69) is 0 Å². The van der Waals surface area contributed by atoms with Crippen LogP contribution >= 0.6 is 0 Å². The average Bonchev–Trinajstić information content (AvgIpc) is 2.52. The van der Waals surface area contributed by atoms with Crippen molar-refractivity contribution in [3.63, 3.8) is 0 Å². The molecule has 1 aromatic carbocycles. The minimum Gasteiger partial charge on any atom is -0.392 e. The van der Waals surface area contributed by atoms with E-state index in [0.717, 1.165) is 0 Å². The van der Waals surface area contributed by atoms with E-state index in [1.54, 1.807) is 0 Å². The minimum absolute atomic E-state index is 0.0357. The highest BCUT2D eigenvalue weighted by Crippen LogP contribution is 2.44. The summed E-state index contributed by atoms with van der Waals surface area (Å²) in [6, 6.07) is 3.75.